The standard InChI is InChI=1S/C14H29NO2/c1-11(2)12(3)7-9-17-10-8-15-13(16)14(4,5)6/h11-12H,7-10H2,1-6H3,(H,15,16). The van der Waals surface area contributed by atoms with Crippen LogP contribution in [0.2, 0.25) is 0 Å². The summed E-state index contributed by atoms with van der Waals surface area (Å²) in [5.74, 6) is 1.48. The maximum Gasteiger partial charge on any atom is 0.225 e. The zero-order valence-corrected chi connectivity index (χ0v) is 12.3. The first-order valence-corrected chi connectivity index (χ1v) is 6.61. The number of hydrogen-bond acceptors (Lipinski definition) is 2. The van der Waals surface area contributed by atoms with Crippen molar-refractivity contribution in [2.24, 2.45) is 17.3 Å². The van der Waals surface area contributed by atoms with Crippen LogP contribution in [0.3, 0.4) is 0 Å². The van der Waals surface area contributed by atoms with Crippen molar-refractivity contribution in [3.63, 3.8) is 0 Å². The van der Waals surface area contributed by atoms with Crippen molar-refractivity contribution in [2.45, 2.75) is 48.0 Å². The van der Waals surface area contributed by atoms with E-state index in [0.29, 0.717) is 25.0 Å². The molecule has 0 aromatic heterocycles. The lowest BCUT2D eigenvalue weighted by atomic mass is 9.95. The summed E-state index contributed by atoms with van der Waals surface area (Å²) in [7, 11) is 0. The highest BCUT2D eigenvalue weighted by molar-refractivity contribution is 5.81. The molecule has 1 amide bonds. The lowest BCUT2D eigenvalue weighted by Gasteiger charge is -2.18. The average Bonchev–Trinajstić information content (AvgIpc) is 2.20. The van der Waals surface area contributed by atoms with Crippen molar-refractivity contribution < 1.29 is 9.53 Å². The first kappa shape index (κ1) is 16.4. The number of hydrogen-bond donors (Lipinski definition) is 1. The summed E-state index contributed by atoms with van der Waals surface area (Å²) in [6, 6.07) is 0. The van der Waals surface area contributed by atoms with Crippen molar-refractivity contribution in [1.29, 1.82) is 0 Å². The summed E-state index contributed by atoms with van der Waals surface area (Å²) in [6.07, 6.45) is 1.09. The van der Waals surface area contributed by atoms with Gasteiger partial charge < -0.3 is 10.1 Å². The van der Waals surface area contributed by atoms with E-state index >= 15 is 0 Å². The molecule has 0 saturated heterocycles. The summed E-state index contributed by atoms with van der Waals surface area (Å²) < 4.78 is 5.50. The van der Waals surface area contributed by atoms with Gasteiger partial charge in [0.05, 0.1) is 6.61 Å². The fourth-order valence-electron chi connectivity index (χ4n) is 1.21. The van der Waals surface area contributed by atoms with Gasteiger partial charge in [0, 0.05) is 18.6 Å². The van der Waals surface area contributed by atoms with Crippen LogP contribution >= 0.6 is 0 Å². The third-order valence-electron chi connectivity index (χ3n) is 3.07. The fraction of sp³-hybridized carbons (Fsp3) is 0.929. The van der Waals surface area contributed by atoms with Crippen LogP contribution < -0.4 is 5.32 Å². The Labute approximate surface area is 106 Å². The van der Waals surface area contributed by atoms with E-state index in [1.807, 2.05) is 20.8 Å². The summed E-state index contributed by atoms with van der Waals surface area (Å²) >= 11 is 0. The predicted molar refractivity (Wildman–Crippen MR) is 71.9 cm³/mol. The Hall–Kier alpha value is -0.570. The Bertz CT molecular complexity index is 219. The zero-order valence-electron chi connectivity index (χ0n) is 12.3. The van der Waals surface area contributed by atoms with Crippen molar-refractivity contribution in [3.8, 4) is 0 Å². The van der Waals surface area contributed by atoms with Crippen molar-refractivity contribution in [1.82, 2.24) is 5.32 Å². The average molecular weight is 243 g/mol. The number of nitrogens with one attached hydrogen (secondary N) is 1. The molecule has 0 saturated carbocycles. The Morgan fingerprint density at radius 3 is 2.24 bits per heavy atom. The number of rotatable bonds is 7. The molecule has 0 aromatic rings. The molecule has 1 unspecified atom stereocenters. The quantitative estimate of drug-likeness (QED) is 0.698. The minimum Gasteiger partial charge on any atom is -0.380 e. The van der Waals surface area contributed by atoms with E-state index in [0.717, 1.165) is 13.0 Å². The summed E-state index contributed by atoms with van der Waals surface area (Å²) in [5, 5.41) is 2.87. The van der Waals surface area contributed by atoms with Gasteiger partial charge in [0.1, 0.15) is 0 Å². The number of carbonyl (C=O) groups excluding carboxylic acids is 1. The van der Waals surface area contributed by atoms with Gasteiger partial charge in [0.15, 0.2) is 0 Å². The maximum atomic E-state index is 11.5. The third kappa shape index (κ3) is 8.19. The van der Waals surface area contributed by atoms with Gasteiger partial charge in [0.25, 0.3) is 0 Å². The van der Waals surface area contributed by atoms with Crippen LogP contribution in [-0.2, 0) is 9.53 Å². The van der Waals surface area contributed by atoms with Gasteiger partial charge in [-0.2, -0.15) is 0 Å². The summed E-state index contributed by atoms with van der Waals surface area (Å²) in [5.41, 5.74) is -0.313. The first-order valence-electron chi connectivity index (χ1n) is 6.61. The van der Waals surface area contributed by atoms with Crippen LogP contribution in [0.4, 0.5) is 0 Å². The normalized spacial score (nSPS) is 13.8. The van der Waals surface area contributed by atoms with E-state index in [2.05, 4.69) is 26.1 Å². The molecule has 17 heavy (non-hydrogen) atoms. The Kier molecular flexibility index (Phi) is 7.44. The van der Waals surface area contributed by atoms with Crippen LogP contribution in [0.15, 0.2) is 0 Å². The molecule has 1 N–H and O–H groups in total. The molecule has 0 radical (unpaired) electrons. The number of amides is 1. The fourth-order valence-corrected chi connectivity index (χ4v) is 1.21. The molecule has 0 fully saturated rings. The van der Waals surface area contributed by atoms with Gasteiger partial charge in [0.2, 0.25) is 5.91 Å². The molecule has 0 bridgehead atoms. The molecule has 0 aliphatic heterocycles. The molecular formula is C14H29NO2. The molecule has 0 aromatic carbocycles. The molecule has 3 nitrogen and oxygen atoms in total. The van der Waals surface area contributed by atoms with Gasteiger partial charge in [-0.25, -0.2) is 0 Å². The van der Waals surface area contributed by atoms with Gasteiger partial charge >= 0.3 is 0 Å². The van der Waals surface area contributed by atoms with Crippen LogP contribution in [0.5, 0.6) is 0 Å². The third-order valence-corrected chi connectivity index (χ3v) is 3.07. The first-order chi connectivity index (χ1) is 7.75. The minimum absolute atomic E-state index is 0.0802. The summed E-state index contributed by atoms with van der Waals surface area (Å²) in [6.45, 7) is 14.4. The second-order valence-electron chi connectivity index (χ2n) is 6.13. The predicted octanol–water partition coefficient (Wildman–Crippen LogP) is 2.85. The molecule has 1 atom stereocenters. The highest BCUT2D eigenvalue weighted by Crippen LogP contribution is 2.13. The second-order valence-corrected chi connectivity index (χ2v) is 6.13. The minimum atomic E-state index is -0.313. The van der Waals surface area contributed by atoms with Gasteiger partial charge in [-0.3, -0.25) is 4.79 Å². The van der Waals surface area contributed by atoms with Crippen LogP contribution in [0.1, 0.15) is 48.0 Å². The van der Waals surface area contributed by atoms with Crippen molar-refractivity contribution in [2.75, 3.05) is 19.8 Å². The van der Waals surface area contributed by atoms with Gasteiger partial charge in [-0.1, -0.05) is 41.5 Å². The highest BCUT2D eigenvalue weighted by Gasteiger charge is 2.20. The van der Waals surface area contributed by atoms with E-state index < -0.39 is 0 Å². The topological polar surface area (TPSA) is 38.3 Å². The van der Waals surface area contributed by atoms with Crippen molar-refractivity contribution in [3.05, 3.63) is 0 Å². The Morgan fingerprint density at radius 1 is 1.18 bits per heavy atom. The van der Waals surface area contributed by atoms with Crippen LogP contribution in [-0.4, -0.2) is 25.7 Å². The smallest absolute Gasteiger partial charge is 0.225 e. The molecule has 0 aliphatic carbocycles. The lowest BCUT2D eigenvalue weighted by Crippen LogP contribution is -2.36. The molecule has 0 spiro atoms. The highest BCUT2D eigenvalue weighted by atomic mass is 16.5. The maximum absolute atomic E-state index is 11.5. The molecule has 102 valence electrons. The number of ether oxygens (including phenoxy) is 1. The lowest BCUT2D eigenvalue weighted by molar-refractivity contribution is -0.128. The van der Waals surface area contributed by atoms with Crippen LogP contribution in [0.25, 0.3) is 0 Å². The molecule has 0 heterocycles. The molecule has 0 rings (SSSR count). The summed E-state index contributed by atoms with van der Waals surface area (Å²) in [4.78, 5) is 11.5. The second kappa shape index (κ2) is 7.70. The SMILES string of the molecule is CC(C)C(C)CCOCCNC(=O)C(C)(C)C. The molecular weight excluding hydrogens is 214 g/mol. The van der Waals surface area contributed by atoms with E-state index in [-0.39, 0.29) is 11.3 Å². The largest absolute Gasteiger partial charge is 0.380 e. The Balaban J connectivity index is 3.45. The molecule has 3 heteroatoms. The Morgan fingerprint density at radius 2 is 1.76 bits per heavy atom. The van der Waals surface area contributed by atoms with Gasteiger partial charge in [-0.05, 0) is 18.3 Å². The number of carbonyl (C=O) groups is 1. The van der Waals surface area contributed by atoms with E-state index in [9.17, 15) is 4.79 Å². The van der Waals surface area contributed by atoms with Crippen LogP contribution in [0, 0.1) is 17.3 Å². The van der Waals surface area contributed by atoms with Crippen molar-refractivity contribution >= 4 is 5.91 Å². The zero-order chi connectivity index (χ0) is 13.5. The van der Waals surface area contributed by atoms with E-state index in [4.69, 9.17) is 4.74 Å². The van der Waals surface area contributed by atoms with E-state index in [1.165, 1.54) is 0 Å². The van der Waals surface area contributed by atoms with E-state index in [1.54, 1.807) is 0 Å². The van der Waals surface area contributed by atoms with Gasteiger partial charge in [-0.15, -0.1) is 0 Å². The molecule has 0 aliphatic rings. The monoisotopic (exact) mass is 243 g/mol.